The Morgan fingerprint density at radius 3 is 2.55 bits per heavy atom. The number of hydrogen-bond acceptors (Lipinski definition) is 3. The number of nitrogens with zero attached hydrogens (tertiary/aromatic N) is 1. The second-order valence-electron chi connectivity index (χ2n) is 4.90. The minimum absolute atomic E-state index is 0. The van der Waals surface area contributed by atoms with Crippen molar-refractivity contribution in [2.75, 3.05) is 38.8 Å². The SMILES string of the molecule is CN=C(NCCCOC1CCCCC1)NCCSC.I. The molecule has 1 aliphatic rings. The zero-order chi connectivity index (χ0) is 13.8. The maximum Gasteiger partial charge on any atom is 0.191 e. The largest absolute Gasteiger partial charge is 0.378 e. The number of guanidine groups is 1. The summed E-state index contributed by atoms with van der Waals surface area (Å²) in [6, 6.07) is 0. The average Bonchev–Trinajstić information content (AvgIpc) is 2.46. The van der Waals surface area contributed by atoms with E-state index in [9.17, 15) is 0 Å². The zero-order valence-corrected chi connectivity index (χ0v) is 16.0. The molecule has 1 aliphatic carbocycles. The van der Waals surface area contributed by atoms with E-state index in [0.29, 0.717) is 6.10 Å². The van der Waals surface area contributed by atoms with Gasteiger partial charge in [0.05, 0.1) is 6.10 Å². The molecule has 1 rings (SSSR count). The van der Waals surface area contributed by atoms with Crippen LogP contribution in [0.25, 0.3) is 0 Å². The molecule has 4 nitrogen and oxygen atoms in total. The third-order valence-corrected chi connectivity index (χ3v) is 3.95. The Morgan fingerprint density at radius 1 is 1.20 bits per heavy atom. The molecule has 0 bridgehead atoms. The first-order valence-electron chi connectivity index (χ1n) is 7.42. The summed E-state index contributed by atoms with van der Waals surface area (Å²) < 4.78 is 5.89. The van der Waals surface area contributed by atoms with Gasteiger partial charge in [0, 0.05) is 32.5 Å². The Balaban J connectivity index is 0.00000361. The molecule has 0 spiro atoms. The van der Waals surface area contributed by atoms with Crippen molar-refractivity contribution in [1.29, 1.82) is 0 Å². The van der Waals surface area contributed by atoms with Crippen molar-refractivity contribution in [2.24, 2.45) is 4.99 Å². The Morgan fingerprint density at radius 2 is 1.90 bits per heavy atom. The fourth-order valence-electron chi connectivity index (χ4n) is 2.25. The highest BCUT2D eigenvalue weighted by Gasteiger charge is 2.12. The second kappa shape index (κ2) is 14.3. The first-order valence-corrected chi connectivity index (χ1v) is 8.81. The van der Waals surface area contributed by atoms with Crippen LogP contribution in [0.15, 0.2) is 4.99 Å². The van der Waals surface area contributed by atoms with Crippen molar-refractivity contribution < 1.29 is 4.74 Å². The van der Waals surface area contributed by atoms with Gasteiger partial charge in [0.25, 0.3) is 0 Å². The summed E-state index contributed by atoms with van der Waals surface area (Å²) in [6.07, 6.45) is 10.3. The molecule has 0 radical (unpaired) electrons. The highest BCUT2D eigenvalue weighted by molar-refractivity contribution is 14.0. The van der Waals surface area contributed by atoms with Crippen molar-refractivity contribution in [2.45, 2.75) is 44.6 Å². The van der Waals surface area contributed by atoms with Crippen LogP contribution in [0, 0.1) is 0 Å². The van der Waals surface area contributed by atoms with Gasteiger partial charge < -0.3 is 15.4 Å². The molecule has 0 heterocycles. The van der Waals surface area contributed by atoms with Crippen LogP contribution in [-0.2, 0) is 4.74 Å². The van der Waals surface area contributed by atoms with E-state index >= 15 is 0 Å². The third-order valence-electron chi connectivity index (χ3n) is 3.34. The molecule has 0 atom stereocenters. The molecule has 0 aromatic rings. The van der Waals surface area contributed by atoms with E-state index in [-0.39, 0.29) is 24.0 Å². The summed E-state index contributed by atoms with van der Waals surface area (Å²) in [4.78, 5) is 4.19. The summed E-state index contributed by atoms with van der Waals surface area (Å²) in [7, 11) is 1.81. The maximum atomic E-state index is 5.89. The molecule has 0 aliphatic heterocycles. The topological polar surface area (TPSA) is 45.7 Å². The normalized spacial score (nSPS) is 16.6. The lowest BCUT2D eigenvalue weighted by Crippen LogP contribution is -2.39. The summed E-state index contributed by atoms with van der Waals surface area (Å²) in [6.45, 7) is 2.74. The molecule has 0 amide bonds. The minimum atomic E-state index is 0. The predicted molar refractivity (Wildman–Crippen MR) is 101 cm³/mol. The van der Waals surface area contributed by atoms with Gasteiger partial charge in [0.1, 0.15) is 0 Å². The predicted octanol–water partition coefficient (Wildman–Crippen LogP) is 2.87. The molecule has 20 heavy (non-hydrogen) atoms. The fourth-order valence-corrected chi connectivity index (χ4v) is 2.56. The monoisotopic (exact) mass is 415 g/mol. The fraction of sp³-hybridized carbons (Fsp3) is 0.929. The molecule has 120 valence electrons. The summed E-state index contributed by atoms with van der Waals surface area (Å²) in [5.41, 5.74) is 0. The quantitative estimate of drug-likeness (QED) is 0.277. The van der Waals surface area contributed by atoms with Crippen LogP contribution in [0.4, 0.5) is 0 Å². The van der Waals surface area contributed by atoms with Gasteiger partial charge in [-0.15, -0.1) is 24.0 Å². The first kappa shape index (κ1) is 20.3. The number of halogens is 1. The smallest absolute Gasteiger partial charge is 0.191 e. The van der Waals surface area contributed by atoms with Crippen LogP contribution >= 0.6 is 35.7 Å². The average molecular weight is 415 g/mol. The van der Waals surface area contributed by atoms with Gasteiger partial charge in [0.15, 0.2) is 5.96 Å². The molecule has 0 unspecified atom stereocenters. The van der Waals surface area contributed by atoms with Crippen LogP contribution in [-0.4, -0.2) is 50.8 Å². The molecule has 1 saturated carbocycles. The Labute approximate surface area is 145 Å². The molecule has 2 N–H and O–H groups in total. The standard InChI is InChI=1S/C14H29N3OS.HI/c1-15-14(17-10-12-19-2)16-9-6-11-18-13-7-4-3-5-8-13;/h13H,3-12H2,1-2H3,(H2,15,16,17);1H. The minimum Gasteiger partial charge on any atom is -0.378 e. The lowest BCUT2D eigenvalue weighted by molar-refractivity contribution is 0.0277. The molecule has 0 saturated heterocycles. The molecule has 6 heteroatoms. The summed E-state index contributed by atoms with van der Waals surface area (Å²) >= 11 is 1.84. The number of nitrogens with one attached hydrogen (secondary N) is 2. The Bertz CT molecular complexity index is 249. The highest BCUT2D eigenvalue weighted by Crippen LogP contribution is 2.20. The van der Waals surface area contributed by atoms with Crippen LogP contribution in [0.1, 0.15) is 38.5 Å². The Kier molecular flexibility index (Phi) is 14.5. The van der Waals surface area contributed by atoms with Gasteiger partial charge in [0.2, 0.25) is 0 Å². The maximum absolute atomic E-state index is 5.89. The van der Waals surface area contributed by atoms with Crippen molar-refractivity contribution in [3.8, 4) is 0 Å². The molecule has 0 aromatic carbocycles. The highest BCUT2D eigenvalue weighted by atomic mass is 127. The van der Waals surface area contributed by atoms with Crippen LogP contribution in [0.2, 0.25) is 0 Å². The molecular weight excluding hydrogens is 385 g/mol. The summed E-state index contributed by atoms with van der Waals surface area (Å²) in [5.74, 6) is 2.00. The van der Waals surface area contributed by atoms with Gasteiger partial charge in [-0.25, -0.2) is 0 Å². The van der Waals surface area contributed by atoms with Crippen molar-refractivity contribution in [3.05, 3.63) is 0 Å². The van der Waals surface area contributed by atoms with Gasteiger partial charge in [-0.1, -0.05) is 19.3 Å². The number of rotatable bonds is 8. The van der Waals surface area contributed by atoms with Gasteiger partial charge in [-0.2, -0.15) is 11.8 Å². The van der Waals surface area contributed by atoms with E-state index in [0.717, 1.165) is 37.8 Å². The van der Waals surface area contributed by atoms with E-state index in [4.69, 9.17) is 4.74 Å². The number of thioether (sulfide) groups is 1. The zero-order valence-electron chi connectivity index (χ0n) is 12.8. The van der Waals surface area contributed by atoms with Crippen LogP contribution < -0.4 is 10.6 Å². The third kappa shape index (κ3) is 10.1. The molecule has 1 fully saturated rings. The molecule has 0 aromatic heterocycles. The first-order chi connectivity index (χ1) is 9.36. The van der Waals surface area contributed by atoms with Crippen LogP contribution in [0.5, 0.6) is 0 Å². The van der Waals surface area contributed by atoms with E-state index in [1.165, 1.54) is 32.1 Å². The summed E-state index contributed by atoms with van der Waals surface area (Å²) in [5, 5.41) is 6.60. The number of hydrogen-bond donors (Lipinski definition) is 2. The molecular formula is C14H30IN3OS. The second-order valence-corrected chi connectivity index (χ2v) is 5.89. The van der Waals surface area contributed by atoms with Gasteiger partial charge in [-0.05, 0) is 25.5 Å². The van der Waals surface area contributed by atoms with Gasteiger partial charge >= 0.3 is 0 Å². The van der Waals surface area contributed by atoms with Gasteiger partial charge in [-0.3, -0.25) is 4.99 Å². The Hall–Kier alpha value is 0.310. The van der Waals surface area contributed by atoms with Crippen molar-refractivity contribution in [1.82, 2.24) is 10.6 Å². The lowest BCUT2D eigenvalue weighted by Gasteiger charge is -2.22. The van der Waals surface area contributed by atoms with Crippen molar-refractivity contribution in [3.63, 3.8) is 0 Å². The van der Waals surface area contributed by atoms with E-state index in [1.807, 2.05) is 18.8 Å². The van der Waals surface area contributed by atoms with E-state index < -0.39 is 0 Å². The number of aliphatic imine (C=N–C) groups is 1. The lowest BCUT2D eigenvalue weighted by atomic mass is 9.98. The van der Waals surface area contributed by atoms with E-state index in [2.05, 4.69) is 21.9 Å². The van der Waals surface area contributed by atoms with Crippen molar-refractivity contribution >= 4 is 41.7 Å². The van der Waals surface area contributed by atoms with E-state index in [1.54, 1.807) is 0 Å². The number of ether oxygens (including phenoxy) is 1. The van der Waals surface area contributed by atoms with Crippen LogP contribution in [0.3, 0.4) is 0 Å².